The number of pyridine rings is 2. The van der Waals surface area contributed by atoms with E-state index in [1.54, 1.807) is 7.11 Å². The summed E-state index contributed by atoms with van der Waals surface area (Å²) in [4.78, 5) is 12.3. The van der Waals surface area contributed by atoms with E-state index in [1.165, 1.54) is 37.2 Å². The van der Waals surface area contributed by atoms with Gasteiger partial charge < -0.3 is 19.7 Å². The van der Waals surface area contributed by atoms with Gasteiger partial charge in [-0.3, -0.25) is 4.98 Å². The van der Waals surface area contributed by atoms with Crippen molar-refractivity contribution in [3.05, 3.63) is 17.3 Å². The van der Waals surface area contributed by atoms with Crippen LogP contribution in [0.15, 0.2) is 6.07 Å². The maximum absolute atomic E-state index is 9.29. The topological polar surface area (TPSA) is 83.3 Å². The van der Waals surface area contributed by atoms with Crippen LogP contribution >= 0.6 is 0 Å². The molecule has 170 valence electrons. The van der Waals surface area contributed by atoms with E-state index < -0.39 is 0 Å². The first-order valence-corrected chi connectivity index (χ1v) is 12.2. The number of nitrogens with one attached hydrogen (secondary N) is 1. The fourth-order valence-electron chi connectivity index (χ4n) is 5.46. The van der Waals surface area contributed by atoms with E-state index in [2.05, 4.69) is 16.3 Å². The lowest BCUT2D eigenvalue weighted by atomic mass is 10.1. The number of nitriles is 1. The highest BCUT2D eigenvalue weighted by molar-refractivity contribution is 5.92. The molecule has 2 aromatic rings. The van der Waals surface area contributed by atoms with E-state index in [0.717, 1.165) is 68.2 Å². The molecule has 1 N–H and O–H groups in total. The minimum absolute atomic E-state index is 0.150. The third-order valence-electron chi connectivity index (χ3n) is 7.15. The molecule has 3 aliphatic rings. The fourth-order valence-corrected chi connectivity index (χ4v) is 5.46. The molecular formula is C25H33N5O2. The van der Waals surface area contributed by atoms with E-state index in [4.69, 9.17) is 19.4 Å². The normalized spacial score (nSPS) is 22.8. The van der Waals surface area contributed by atoms with E-state index in [0.29, 0.717) is 24.3 Å². The van der Waals surface area contributed by atoms with Gasteiger partial charge in [0.15, 0.2) is 5.75 Å². The van der Waals surface area contributed by atoms with Gasteiger partial charge in [0.05, 0.1) is 31.0 Å². The minimum atomic E-state index is 0.150. The molecule has 0 bridgehead atoms. The van der Waals surface area contributed by atoms with Crippen LogP contribution in [0.3, 0.4) is 0 Å². The Morgan fingerprint density at radius 3 is 2.84 bits per heavy atom. The van der Waals surface area contributed by atoms with Crippen molar-refractivity contribution in [2.75, 3.05) is 38.7 Å². The van der Waals surface area contributed by atoms with Crippen LogP contribution in [0.4, 0.5) is 5.69 Å². The van der Waals surface area contributed by atoms with Crippen LogP contribution < -0.4 is 14.8 Å². The molecule has 7 nitrogen and oxygen atoms in total. The molecular weight excluding hydrogens is 402 g/mol. The Morgan fingerprint density at radius 2 is 2.06 bits per heavy atom. The average molecular weight is 436 g/mol. The quantitative estimate of drug-likeness (QED) is 0.625. The number of likely N-dealkylation sites (tertiary alicyclic amines) is 1. The van der Waals surface area contributed by atoms with Gasteiger partial charge in [0.1, 0.15) is 5.52 Å². The number of ether oxygens (including phenoxy) is 2. The SMILES string of the molecule is COc1nc2c(N[C@@H]3CC[C@H](C#N)C3)c3c(nc2cc1OCCCN1CCCC1)CCC3. The summed E-state index contributed by atoms with van der Waals surface area (Å²) in [7, 11) is 1.65. The van der Waals surface area contributed by atoms with Crippen molar-refractivity contribution < 1.29 is 9.47 Å². The van der Waals surface area contributed by atoms with Crippen molar-refractivity contribution in [3.8, 4) is 17.7 Å². The molecule has 2 fully saturated rings. The molecule has 0 aromatic carbocycles. The number of methoxy groups -OCH3 is 1. The van der Waals surface area contributed by atoms with Gasteiger partial charge in [-0.1, -0.05) is 0 Å². The Balaban J connectivity index is 1.39. The van der Waals surface area contributed by atoms with Crippen molar-refractivity contribution in [1.82, 2.24) is 14.9 Å². The monoisotopic (exact) mass is 435 g/mol. The number of fused-ring (bicyclic) bond motifs is 2. The van der Waals surface area contributed by atoms with Gasteiger partial charge in [-0.2, -0.15) is 5.26 Å². The fraction of sp³-hybridized carbons (Fsp3) is 0.640. The number of aryl methyl sites for hydroxylation is 1. The summed E-state index contributed by atoms with van der Waals surface area (Å²) < 4.78 is 11.7. The van der Waals surface area contributed by atoms with Crippen LogP contribution in [0.25, 0.3) is 11.0 Å². The maximum atomic E-state index is 9.29. The molecule has 2 atom stereocenters. The molecule has 0 amide bonds. The Morgan fingerprint density at radius 1 is 1.19 bits per heavy atom. The van der Waals surface area contributed by atoms with Crippen molar-refractivity contribution in [2.45, 2.75) is 63.8 Å². The second-order valence-corrected chi connectivity index (χ2v) is 9.36. The summed E-state index contributed by atoms with van der Waals surface area (Å²) in [5.41, 5.74) is 5.25. The first-order chi connectivity index (χ1) is 15.7. The lowest BCUT2D eigenvalue weighted by Gasteiger charge is -2.20. The van der Waals surface area contributed by atoms with Gasteiger partial charge in [-0.05, 0) is 76.4 Å². The van der Waals surface area contributed by atoms with Gasteiger partial charge >= 0.3 is 0 Å². The van der Waals surface area contributed by atoms with Crippen LogP contribution in [0, 0.1) is 17.2 Å². The van der Waals surface area contributed by atoms with Gasteiger partial charge in [-0.15, -0.1) is 0 Å². The lowest BCUT2D eigenvalue weighted by Crippen LogP contribution is -2.22. The summed E-state index contributed by atoms with van der Waals surface area (Å²) in [5.74, 6) is 1.34. The summed E-state index contributed by atoms with van der Waals surface area (Å²) in [6.07, 6.45) is 9.64. The second kappa shape index (κ2) is 9.50. The Bertz CT molecular complexity index is 1010. The first-order valence-electron chi connectivity index (χ1n) is 12.2. The minimum Gasteiger partial charge on any atom is -0.488 e. The number of aromatic nitrogens is 2. The second-order valence-electron chi connectivity index (χ2n) is 9.36. The first kappa shape index (κ1) is 21.3. The van der Waals surface area contributed by atoms with Crippen LogP contribution in [0.1, 0.15) is 56.2 Å². The molecule has 3 heterocycles. The van der Waals surface area contributed by atoms with Crippen LogP contribution in [0.2, 0.25) is 0 Å². The molecule has 32 heavy (non-hydrogen) atoms. The molecule has 0 spiro atoms. The van der Waals surface area contributed by atoms with Crippen molar-refractivity contribution in [1.29, 1.82) is 5.26 Å². The van der Waals surface area contributed by atoms with Crippen molar-refractivity contribution >= 4 is 16.7 Å². The molecule has 1 saturated carbocycles. The van der Waals surface area contributed by atoms with Gasteiger partial charge in [0, 0.05) is 30.3 Å². The predicted octanol–water partition coefficient (Wildman–Crippen LogP) is 4.10. The van der Waals surface area contributed by atoms with Gasteiger partial charge in [0.2, 0.25) is 0 Å². The average Bonchev–Trinajstić information content (AvgIpc) is 3.58. The number of rotatable bonds is 8. The largest absolute Gasteiger partial charge is 0.488 e. The number of nitrogens with zero attached hydrogens (tertiary/aromatic N) is 4. The summed E-state index contributed by atoms with van der Waals surface area (Å²) in [6.45, 7) is 4.14. The predicted molar refractivity (Wildman–Crippen MR) is 124 cm³/mol. The van der Waals surface area contributed by atoms with E-state index in [9.17, 15) is 5.26 Å². The molecule has 5 rings (SSSR count). The van der Waals surface area contributed by atoms with Gasteiger partial charge in [0.25, 0.3) is 5.88 Å². The van der Waals surface area contributed by atoms with E-state index in [-0.39, 0.29) is 5.92 Å². The van der Waals surface area contributed by atoms with Crippen LogP contribution in [-0.2, 0) is 12.8 Å². The molecule has 2 aliphatic carbocycles. The third kappa shape index (κ3) is 4.33. The lowest BCUT2D eigenvalue weighted by molar-refractivity contribution is 0.252. The smallest absolute Gasteiger partial charge is 0.257 e. The van der Waals surface area contributed by atoms with Crippen LogP contribution in [-0.4, -0.2) is 54.3 Å². The summed E-state index contributed by atoms with van der Waals surface area (Å²) >= 11 is 0. The Labute approximate surface area is 190 Å². The zero-order valence-electron chi connectivity index (χ0n) is 19.0. The number of anilines is 1. The molecule has 1 saturated heterocycles. The Hall–Kier alpha value is -2.59. The highest BCUT2D eigenvalue weighted by Crippen LogP contribution is 2.39. The molecule has 0 radical (unpaired) electrons. The maximum Gasteiger partial charge on any atom is 0.257 e. The van der Waals surface area contributed by atoms with E-state index in [1.807, 2.05) is 6.07 Å². The Kier molecular flexibility index (Phi) is 6.31. The molecule has 2 aromatic heterocycles. The summed E-state index contributed by atoms with van der Waals surface area (Å²) in [6, 6.07) is 4.73. The number of hydrogen-bond donors (Lipinski definition) is 1. The highest BCUT2D eigenvalue weighted by atomic mass is 16.5. The van der Waals surface area contributed by atoms with Crippen molar-refractivity contribution in [2.24, 2.45) is 5.92 Å². The molecule has 0 unspecified atom stereocenters. The van der Waals surface area contributed by atoms with Crippen molar-refractivity contribution in [3.63, 3.8) is 0 Å². The third-order valence-corrected chi connectivity index (χ3v) is 7.15. The highest BCUT2D eigenvalue weighted by Gasteiger charge is 2.28. The summed E-state index contributed by atoms with van der Waals surface area (Å²) in [5, 5.41) is 13.0. The molecule has 7 heteroatoms. The standard InChI is InChI=1S/C25H33N5O2/c1-31-25-22(32-13-5-12-30-10-2-3-11-30)15-21-24(29-25)23(19-6-4-7-20(19)28-21)27-18-9-8-17(14-18)16-26/h15,17-18H,2-14H2,1H3,(H,27,28)/t17-,18+/m0/s1. The molecule has 1 aliphatic heterocycles. The van der Waals surface area contributed by atoms with Crippen LogP contribution in [0.5, 0.6) is 11.6 Å². The zero-order valence-corrected chi connectivity index (χ0v) is 19.0. The van der Waals surface area contributed by atoms with E-state index >= 15 is 0 Å². The zero-order chi connectivity index (χ0) is 21.9. The van der Waals surface area contributed by atoms with Gasteiger partial charge in [-0.25, -0.2) is 4.98 Å². The number of hydrogen-bond acceptors (Lipinski definition) is 7.